The lowest BCUT2D eigenvalue weighted by molar-refractivity contribution is 0.276. The molecule has 0 spiro atoms. The van der Waals surface area contributed by atoms with Gasteiger partial charge in [0.05, 0.1) is 23.9 Å². The van der Waals surface area contributed by atoms with Gasteiger partial charge in [0.25, 0.3) is 0 Å². The van der Waals surface area contributed by atoms with Crippen molar-refractivity contribution in [1.29, 1.82) is 5.26 Å². The van der Waals surface area contributed by atoms with E-state index in [9.17, 15) is 5.11 Å². The Morgan fingerprint density at radius 2 is 1.94 bits per heavy atom. The summed E-state index contributed by atoms with van der Waals surface area (Å²) in [6.45, 7) is -0.117. The maximum atomic E-state index is 9.20. The summed E-state index contributed by atoms with van der Waals surface area (Å²) in [5, 5.41) is 18.0. The zero-order valence-electron chi connectivity index (χ0n) is 9.63. The van der Waals surface area contributed by atoms with Crippen molar-refractivity contribution in [3.8, 4) is 17.6 Å². The molecule has 4 nitrogen and oxygen atoms in total. The van der Waals surface area contributed by atoms with Crippen LogP contribution in [0.25, 0.3) is 0 Å². The minimum Gasteiger partial charge on any atom is -0.455 e. The van der Waals surface area contributed by atoms with E-state index in [1.54, 1.807) is 36.4 Å². The fourth-order valence-electron chi connectivity index (χ4n) is 1.54. The second-order valence-corrected chi connectivity index (χ2v) is 3.73. The predicted molar refractivity (Wildman–Crippen MR) is 68.0 cm³/mol. The molecule has 0 aliphatic rings. The molecule has 0 fully saturated rings. The Kier molecular flexibility index (Phi) is 3.46. The number of nitrogens with zero attached hydrogens (tertiary/aromatic N) is 1. The summed E-state index contributed by atoms with van der Waals surface area (Å²) < 4.78 is 5.64. The Morgan fingerprint density at radius 3 is 2.67 bits per heavy atom. The van der Waals surface area contributed by atoms with Crippen molar-refractivity contribution in [2.75, 3.05) is 5.73 Å². The lowest BCUT2D eigenvalue weighted by Gasteiger charge is -2.11. The van der Waals surface area contributed by atoms with Crippen molar-refractivity contribution in [2.45, 2.75) is 6.61 Å². The molecule has 2 rings (SSSR count). The van der Waals surface area contributed by atoms with Crippen LogP contribution in [-0.2, 0) is 6.61 Å². The third-order valence-electron chi connectivity index (χ3n) is 2.51. The number of hydrogen-bond acceptors (Lipinski definition) is 4. The summed E-state index contributed by atoms with van der Waals surface area (Å²) >= 11 is 0. The molecule has 0 radical (unpaired) electrons. The molecule has 4 heteroatoms. The average Bonchev–Trinajstić information content (AvgIpc) is 2.42. The van der Waals surface area contributed by atoms with Crippen molar-refractivity contribution in [1.82, 2.24) is 0 Å². The van der Waals surface area contributed by atoms with Crippen LogP contribution in [0, 0.1) is 11.3 Å². The summed E-state index contributed by atoms with van der Waals surface area (Å²) in [7, 11) is 0. The molecule has 0 bridgehead atoms. The van der Waals surface area contributed by atoms with Crippen LogP contribution in [0.2, 0.25) is 0 Å². The molecule has 3 N–H and O–H groups in total. The first-order chi connectivity index (χ1) is 8.74. The summed E-state index contributed by atoms with van der Waals surface area (Å²) in [6, 6.07) is 14.0. The maximum absolute atomic E-state index is 9.20. The normalized spacial score (nSPS) is 9.78. The SMILES string of the molecule is N#Cc1ccc(N)c(Oc2ccccc2CO)c1. The molecule has 0 aliphatic carbocycles. The molecule has 0 saturated heterocycles. The van der Waals surface area contributed by atoms with Crippen molar-refractivity contribution >= 4 is 5.69 Å². The zero-order valence-corrected chi connectivity index (χ0v) is 9.63. The topological polar surface area (TPSA) is 79.3 Å². The van der Waals surface area contributed by atoms with Crippen LogP contribution in [0.3, 0.4) is 0 Å². The lowest BCUT2D eigenvalue weighted by atomic mass is 10.2. The largest absolute Gasteiger partial charge is 0.455 e. The number of nitriles is 1. The molecule has 18 heavy (non-hydrogen) atoms. The van der Waals surface area contributed by atoms with Gasteiger partial charge in [-0.05, 0) is 18.2 Å². The molecule has 0 amide bonds. The summed E-state index contributed by atoms with van der Waals surface area (Å²) in [4.78, 5) is 0. The average molecular weight is 240 g/mol. The Bertz CT molecular complexity index is 603. The first-order valence-corrected chi connectivity index (χ1v) is 5.41. The van der Waals surface area contributed by atoms with Crippen molar-refractivity contribution in [3.05, 3.63) is 53.6 Å². The number of rotatable bonds is 3. The van der Waals surface area contributed by atoms with Crippen LogP contribution in [0.15, 0.2) is 42.5 Å². The van der Waals surface area contributed by atoms with Crippen molar-refractivity contribution in [3.63, 3.8) is 0 Å². The molecule has 0 saturated carbocycles. The molecule has 0 unspecified atom stereocenters. The van der Waals surface area contributed by atoms with Crippen LogP contribution >= 0.6 is 0 Å². The molecule has 2 aromatic rings. The fourth-order valence-corrected chi connectivity index (χ4v) is 1.54. The number of hydrogen-bond donors (Lipinski definition) is 2. The molecular weight excluding hydrogens is 228 g/mol. The smallest absolute Gasteiger partial charge is 0.151 e. The fraction of sp³-hybridized carbons (Fsp3) is 0.0714. The van der Waals surface area contributed by atoms with E-state index in [-0.39, 0.29) is 6.61 Å². The van der Waals surface area contributed by atoms with E-state index >= 15 is 0 Å². The summed E-state index contributed by atoms with van der Waals surface area (Å²) in [5.74, 6) is 0.941. The van der Waals surface area contributed by atoms with Gasteiger partial charge in [-0.2, -0.15) is 5.26 Å². The van der Waals surface area contributed by atoms with Gasteiger partial charge in [-0.15, -0.1) is 0 Å². The van der Waals surface area contributed by atoms with E-state index in [0.29, 0.717) is 28.3 Å². The molecule has 0 aromatic heterocycles. The first-order valence-electron chi connectivity index (χ1n) is 5.41. The monoisotopic (exact) mass is 240 g/mol. The molecular formula is C14H12N2O2. The molecule has 0 heterocycles. The zero-order chi connectivity index (χ0) is 13.0. The molecule has 0 aliphatic heterocycles. The minimum absolute atomic E-state index is 0.117. The van der Waals surface area contributed by atoms with E-state index in [1.807, 2.05) is 12.1 Å². The van der Waals surface area contributed by atoms with Gasteiger partial charge in [-0.25, -0.2) is 0 Å². The van der Waals surface area contributed by atoms with Gasteiger partial charge in [0, 0.05) is 11.6 Å². The molecule has 2 aromatic carbocycles. The van der Waals surface area contributed by atoms with Crippen LogP contribution in [0.5, 0.6) is 11.5 Å². The third-order valence-corrected chi connectivity index (χ3v) is 2.51. The third kappa shape index (κ3) is 2.42. The molecule has 90 valence electrons. The second kappa shape index (κ2) is 5.21. The second-order valence-electron chi connectivity index (χ2n) is 3.73. The maximum Gasteiger partial charge on any atom is 0.151 e. The van der Waals surface area contributed by atoms with Gasteiger partial charge in [0.2, 0.25) is 0 Å². The van der Waals surface area contributed by atoms with E-state index in [2.05, 4.69) is 0 Å². The lowest BCUT2D eigenvalue weighted by Crippen LogP contribution is -1.95. The standard InChI is InChI=1S/C14H12N2O2/c15-8-10-5-6-12(16)14(7-10)18-13-4-2-1-3-11(13)9-17/h1-7,17H,9,16H2. The van der Waals surface area contributed by atoms with Gasteiger partial charge in [-0.1, -0.05) is 18.2 Å². The van der Waals surface area contributed by atoms with Crippen LogP contribution in [0.1, 0.15) is 11.1 Å². The number of nitrogens with two attached hydrogens (primary N) is 1. The number of anilines is 1. The summed E-state index contributed by atoms with van der Waals surface area (Å²) in [6.07, 6.45) is 0. The predicted octanol–water partition coefficient (Wildman–Crippen LogP) is 2.43. The highest BCUT2D eigenvalue weighted by Crippen LogP contribution is 2.30. The van der Waals surface area contributed by atoms with E-state index < -0.39 is 0 Å². The number of para-hydroxylation sites is 1. The van der Waals surface area contributed by atoms with Crippen LogP contribution in [0.4, 0.5) is 5.69 Å². The highest BCUT2D eigenvalue weighted by atomic mass is 16.5. The Labute approximate surface area is 105 Å². The van der Waals surface area contributed by atoms with Crippen LogP contribution in [-0.4, -0.2) is 5.11 Å². The van der Waals surface area contributed by atoms with E-state index in [1.165, 1.54) is 0 Å². The quantitative estimate of drug-likeness (QED) is 0.807. The number of aliphatic hydroxyl groups excluding tert-OH is 1. The van der Waals surface area contributed by atoms with E-state index in [4.69, 9.17) is 15.7 Å². The van der Waals surface area contributed by atoms with Crippen LogP contribution < -0.4 is 10.5 Å². The Hall–Kier alpha value is -2.51. The number of ether oxygens (including phenoxy) is 1. The van der Waals surface area contributed by atoms with Crippen molar-refractivity contribution < 1.29 is 9.84 Å². The van der Waals surface area contributed by atoms with E-state index in [0.717, 1.165) is 0 Å². The van der Waals surface area contributed by atoms with Gasteiger partial charge >= 0.3 is 0 Å². The highest BCUT2D eigenvalue weighted by Gasteiger charge is 2.07. The number of benzene rings is 2. The Morgan fingerprint density at radius 1 is 1.17 bits per heavy atom. The van der Waals surface area contributed by atoms with Crippen molar-refractivity contribution in [2.24, 2.45) is 0 Å². The number of aliphatic hydroxyl groups is 1. The minimum atomic E-state index is -0.117. The summed E-state index contributed by atoms with van der Waals surface area (Å²) in [5.41, 5.74) is 7.37. The van der Waals surface area contributed by atoms with Gasteiger partial charge in [0.15, 0.2) is 5.75 Å². The van der Waals surface area contributed by atoms with Gasteiger partial charge in [-0.3, -0.25) is 0 Å². The molecule has 0 atom stereocenters. The van der Waals surface area contributed by atoms with Gasteiger partial charge < -0.3 is 15.6 Å². The highest BCUT2D eigenvalue weighted by molar-refractivity contribution is 5.57. The van der Waals surface area contributed by atoms with Gasteiger partial charge in [0.1, 0.15) is 5.75 Å². The first kappa shape index (κ1) is 12.0. The number of nitrogen functional groups attached to an aromatic ring is 1. The Balaban J connectivity index is 2.37.